The average molecular weight is 396 g/mol. The molecule has 2 heterocycles. The largest absolute Gasteiger partial charge is 0.302 e. The highest BCUT2D eigenvalue weighted by molar-refractivity contribution is 6.52. The van der Waals surface area contributed by atoms with E-state index < -0.39 is 11.7 Å². The van der Waals surface area contributed by atoms with Crippen LogP contribution in [0.25, 0.3) is 0 Å². The summed E-state index contributed by atoms with van der Waals surface area (Å²) >= 11 is 0. The molecule has 0 saturated carbocycles. The summed E-state index contributed by atoms with van der Waals surface area (Å²) in [7, 11) is 0. The summed E-state index contributed by atoms with van der Waals surface area (Å²) in [6.45, 7) is 1.93. The van der Waals surface area contributed by atoms with Crippen molar-refractivity contribution in [2.24, 2.45) is 0 Å². The molecule has 2 atom stereocenters. The van der Waals surface area contributed by atoms with Gasteiger partial charge in [-0.2, -0.15) is 0 Å². The lowest BCUT2D eigenvalue weighted by Gasteiger charge is -2.41. The number of hydrogen-bond donors (Lipinski definition) is 0. The molecule has 0 bridgehead atoms. The summed E-state index contributed by atoms with van der Waals surface area (Å²) in [5, 5.41) is 0. The van der Waals surface area contributed by atoms with Crippen LogP contribution < -0.4 is 9.80 Å². The number of ketones is 1. The molecule has 0 saturated heterocycles. The van der Waals surface area contributed by atoms with E-state index in [1.165, 1.54) is 0 Å². The van der Waals surface area contributed by atoms with Crippen LogP contribution in [-0.4, -0.2) is 23.6 Å². The van der Waals surface area contributed by atoms with Gasteiger partial charge < -0.3 is 9.80 Å². The quantitative estimate of drug-likeness (QED) is 0.617. The zero-order valence-electron chi connectivity index (χ0n) is 16.5. The molecule has 5 heteroatoms. The summed E-state index contributed by atoms with van der Waals surface area (Å²) in [6, 6.07) is 23.7. The van der Waals surface area contributed by atoms with Crippen molar-refractivity contribution >= 4 is 29.0 Å². The summed E-state index contributed by atoms with van der Waals surface area (Å²) < 4.78 is 0. The SMILES string of the molecule is CC1CC(N(C(=O)c2ccccc2)c2ccccc2)c2cccc3c2N1C(=O)C3=O. The number of carbonyl (C=O) groups is 3. The minimum atomic E-state index is -0.482. The van der Waals surface area contributed by atoms with Gasteiger partial charge in [0.2, 0.25) is 0 Å². The zero-order valence-corrected chi connectivity index (χ0v) is 16.5. The number of anilines is 2. The summed E-state index contributed by atoms with van der Waals surface area (Å²) in [5.41, 5.74) is 3.28. The second-order valence-corrected chi connectivity index (χ2v) is 7.72. The van der Waals surface area contributed by atoms with E-state index in [9.17, 15) is 14.4 Å². The lowest BCUT2D eigenvalue weighted by Crippen LogP contribution is -2.46. The van der Waals surface area contributed by atoms with E-state index in [4.69, 9.17) is 0 Å². The number of rotatable bonds is 3. The van der Waals surface area contributed by atoms with Crippen molar-refractivity contribution in [3.63, 3.8) is 0 Å². The van der Waals surface area contributed by atoms with Gasteiger partial charge in [-0.3, -0.25) is 14.4 Å². The van der Waals surface area contributed by atoms with E-state index in [1.807, 2.05) is 61.5 Å². The van der Waals surface area contributed by atoms with Crippen molar-refractivity contribution in [1.29, 1.82) is 0 Å². The number of benzene rings is 3. The van der Waals surface area contributed by atoms with Gasteiger partial charge >= 0.3 is 0 Å². The molecule has 2 unspecified atom stereocenters. The maximum atomic E-state index is 13.7. The molecule has 2 aliphatic rings. The molecule has 2 aliphatic heterocycles. The molecule has 5 rings (SSSR count). The number of amides is 2. The topological polar surface area (TPSA) is 57.7 Å². The molecule has 30 heavy (non-hydrogen) atoms. The Hall–Kier alpha value is -3.73. The summed E-state index contributed by atoms with van der Waals surface area (Å²) in [5.74, 6) is -1.07. The molecule has 0 spiro atoms. The number of para-hydroxylation sites is 2. The van der Waals surface area contributed by atoms with Crippen molar-refractivity contribution in [3.05, 3.63) is 95.6 Å². The number of hydrogen-bond acceptors (Lipinski definition) is 3. The van der Waals surface area contributed by atoms with Crippen LogP contribution in [-0.2, 0) is 4.79 Å². The minimum absolute atomic E-state index is 0.110. The van der Waals surface area contributed by atoms with Gasteiger partial charge in [-0.25, -0.2) is 0 Å². The first-order chi connectivity index (χ1) is 14.6. The fraction of sp³-hybridized carbons (Fsp3) is 0.160. The smallest absolute Gasteiger partial charge is 0.299 e. The number of Topliss-reactive ketones (excluding diaryl/α,β-unsaturated/α-hetero) is 1. The first-order valence-corrected chi connectivity index (χ1v) is 10.0. The van der Waals surface area contributed by atoms with Crippen LogP contribution in [0, 0.1) is 0 Å². The van der Waals surface area contributed by atoms with Gasteiger partial charge in [-0.05, 0) is 49.2 Å². The average Bonchev–Trinajstić information content (AvgIpc) is 3.05. The molecule has 3 aromatic carbocycles. The van der Waals surface area contributed by atoms with Gasteiger partial charge in [0, 0.05) is 17.3 Å². The van der Waals surface area contributed by atoms with Crippen molar-refractivity contribution in [2.45, 2.75) is 25.4 Å². The Kier molecular flexibility index (Phi) is 4.24. The molecular weight excluding hydrogens is 376 g/mol. The first kappa shape index (κ1) is 18.3. The molecule has 2 amide bonds. The molecule has 0 fully saturated rings. The first-order valence-electron chi connectivity index (χ1n) is 10.0. The predicted octanol–water partition coefficient (Wildman–Crippen LogP) is 4.40. The van der Waals surface area contributed by atoms with Crippen LogP contribution in [0.3, 0.4) is 0 Å². The van der Waals surface area contributed by atoms with E-state index >= 15 is 0 Å². The normalized spacial score (nSPS) is 19.6. The van der Waals surface area contributed by atoms with Crippen molar-refractivity contribution in [2.75, 3.05) is 9.80 Å². The Labute approximate surface area is 174 Å². The van der Waals surface area contributed by atoms with Gasteiger partial charge in [0.25, 0.3) is 17.6 Å². The standard InChI is InChI=1S/C25H20N2O3/c1-16-15-21(19-13-8-14-20-22(19)26(16)25(30)23(20)28)27(18-11-6-3-7-12-18)24(29)17-9-4-2-5-10-17/h2-14,16,21H,15H2,1H3. The fourth-order valence-corrected chi connectivity index (χ4v) is 4.58. The Bertz CT molecular complexity index is 1160. The van der Waals surface area contributed by atoms with Crippen molar-refractivity contribution < 1.29 is 14.4 Å². The zero-order chi connectivity index (χ0) is 20.8. The van der Waals surface area contributed by atoms with E-state index in [-0.39, 0.29) is 18.0 Å². The van der Waals surface area contributed by atoms with Gasteiger partial charge in [0.1, 0.15) is 0 Å². The Balaban J connectivity index is 1.69. The highest BCUT2D eigenvalue weighted by Crippen LogP contribution is 2.47. The molecular formula is C25H20N2O3. The molecule has 3 aromatic rings. The number of carbonyl (C=O) groups excluding carboxylic acids is 3. The van der Waals surface area contributed by atoms with Gasteiger partial charge in [0.05, 0.1) is 17.3 Å². The molecule has 0 aromatic heterocycles. The molecule has 5 nitrogen and oxygen atoms in total. The highest BCUT2D eigenvalue weighted by atomic mass is 16.2. The van der Waals surface area contributed by atoms with E-state index in [0.717, 1.165) is 11.3 Å². The van der Waals surface area contributed by atoms with Crippen LogP contribution in [0.5, 0.6) is 0 Å². The molecule has 0 N–H and O–H groups in total. The van der Waals surface area contributed by atoms with Crippen LogP contribution in [0.2, 0.25) is 0 Å². The van der Waals surface area contributed by atoms with Crippen LogP contribution in [0.15, 0.2) is 78.9 Å². The summed E-state index contributed by atoms with van der Waals surface area (Å²) in [4.78, 5) is 42.2. The lowest BCUT2D eigenvalue weighted by molar-refractivity contribution is -0.114. The second kappa shape index (κ2) is 6.95. The van der Waals surface area contributed by atoms with Gasteiger partial charge in [-0.1, -0.05) is 48.5 Å². The number of nitrogens with zero attached hydrogens (tertiary/aromatic N) is 2. The van der Waals surface area contributed by atoms with Crippen molar-refractivity contribution in [1.82, 2.24) is 0 Å². The van der Waals surface area contributed by atoms with Gasteiger partial charge in [0.15, 0.2) is 0 Å². The van der Waals surface area contributed by atoms with Crippen molar-refractivity contribution in [3.8, 4) is 0 Å². The lowest BCUT2D eigenvalue weighted by atomic mass is 9.89. The van der Waals surface area contributed by atoms with E-state index in [2.05, 4.69) is 0 Å². The summed E-state index contributed by atoms with van der Waals surface area (Å²) in [6.07, 6.45) is 0.545. The molecule has 0 aliphatic carbocycles. The Morgan fingerprint density at radius 3 is 2.27 bits per heavy atom. The second-order valence-electron chi connectivity index (χ2n) is 7.72. The van der Waals surface area contributed by atoms with E-state index in [0.29, 0.717) is 23.2 Å². The third kappa shape index (κ3) is 2.66. The van der Waals surface area contributed by atoms with E-state index in [1.54, 1.807) is 34.1 Å². The van der Waals surface area contributed by atoms with Crippen LogP contribution in [0.1, 0.15) is 45.7 Å². The molecule has 148 valence electrons. The van der Waals surface area contributed by atoms with Gasteiger partial charge in [-0.15, -0.1) is 0 Å². The monoisotopic (exact) mass is 396 g/mol. The third-order valence-electron chi connectivity index (χ3n) is 5.92. The molecule has 0 radical (unpaired) electrons. The maximum absolute atomic E-state index is 13.7. The Morgan fingerprint density at radius 1 is 0.900 bits per heavy atom. The Morgan fingerprint density at radius 2 is 1.57 bits per heavy atom. The fourth-order valence-electron chi connectivity index (χ4n) is 4.58. The van der Waals surface area contributed by atoms with Crippen LogP contribution >= 0.6 is 0 Å². The minimum Gasteiger partial charge on any atom is -0.302 e. The highest BCUT2D eigenvalue weighted by Gasteiger charge is 2.46. The predicted molar refractivity (Wildman–Crippen MR) is 115 cm³/mol. The third-order valence-corrected chi connectivity index (χ3v) is 5.92. The van der Waals surface area contributed by atoms with Crippen LogP contribution in [0.4, 0.5) is 11.4 Å². The maximum Gasteiger partial charge on any atom is 0.299 e.